The van der Waals surface area contributed by atoms with Gasteiger partial charge in [-0.05, 0) is 19.8 Å². The molecule has 0 radical (unpaired) electrons. The van der Waals surface area contributed by atoms with Gasteiger partial charge in [0, 0.05) is 13.1 Å². The summed E-state index contributed by atoms with van der Waals surface area (Å²) in [6.07, 6.45) is 1.91. The predicted octanol–water partition coefficient (Wildman–Crippen LogP) is -0.0440. The first-order chi connectivity index (χ1) is 4.75. The third kappa shape index (κ3) is 1.29. The number of carbonyl (C=O) groups is 1. The zero-order chi connectivity index (χ0) is 7.56. The summed E-state index contributed by atoms with van der Waals surface area (Å²) in [6.45, 7) is 3.67. The number of carbonyl (C=O) groups excluding carboxylic acids is 1. The van der Waals surface area contributed by atoms with Gasteiger partial charge >= 0.3 is 0 Å². The molecule has 10 heavy (non-hydrogen) atoms. The molecule has 1 aliphatic rings. The Balaban J connectivity index is 2.51. The molecule has 0 aliphatic carbocycles. The average molecular weight is 142 g/mol. The van der Waals surface area contributed by atoms with Crippen molar-refractivity contribution in [2.24, 2.45) is 5.73 Å². The third-order valence-corrected chi connectivity index (χ3v) is 1.95. The van der Waals surface area contributed by atoms with Crippen LogP contribution in [0.3, 0.4) is 0 Å². The fourth-order valence-corrected chi connectivity index (χ4v) is 1.28. The van der Waals surface area contributed by atoms with Crippen LogP contribution in [0.2, 0.25) is 0 Å². The highest BCUT2D eigenvalue weighted by molar-refractivity contribution is 5.82. The predicted molar refractivity (Wildman–Crippen MR) is 39.5 cm³/mol. The van der Waals surface area contributed by atoms with Crippen LogP contribution in [0.15, 0.2) is 0 Å². The Morgan fingerprint density at radius 2 is 2.50 bits per heavy atom. The lowest BCUT2D eigenvalue weighted by molar-refractivity contribution is -0.134. The van der Waals surface area contributed by atoms with E-state index >= 15 is 0 Å². The molecule has 0 unspecified atom stereocenters. The number of nitrogens with two attached hydrogens (primary N) is 1. The van der Waals surface area contributed by atoms with Crippen LogP contribution in [0.25, 0.3) is 0 Å². The van der Waals surface area contributed by atoms with Crippen LogP contribution in [-0.2, 0) is 4.79 Å². The van der Waals surface area contributed by atoms with Crippen LogP contribution in [0.4, 0.5) is 0 Å². The van der Waals surface area contributed by atoms with E-state index in [2.05, 4.69) is 0 Å². The summed E-state index contributed by atoms with van der Waals surface area (Å²) in [5.74, 6) is 0.119. The summed E-state index contributed by atoms with van der Waals surface area (Å²) < 4.78 is 0. The van der Waals surface area contributed by atoms with Crippen molar-refractivity contribution in [2.75, 3.05) is 13.1 Å². The molecule has 0 aromatic carbocycles. The summed E-state index contributed by atoms with van der Waals surface area (Å²) >= 11 is 0. The van der Waals surface area contributed by atoms with Gasteiger partial charge in [-0.15, -0.1) is 0 Å². The van der Waals surface area contributed by atoms with Crippen molar-refractivity contribution >= 4 is 5.91 Å². The number of amides is 1. The summed E-state index contributed by atoms with van der Waals surface area (Å²) in [4.78, 5) is 13.0. The fraction of sp³-hybridized carbons (Fsp3) is 0.857. The Morgan fingerprint density at radius 3 is 3.00 bits per heavy atom. The minimum Gasteiger partial charge on any atom is -0.342 e. The minimum atomic E-state index is -0.228. The van der Waals surface area contributed by atoms with Gasteiger partial charge in [-0.2, -0.15) is 0 Å². The van der Waals surface area contributed by atoms with E-state index in [1.165, 1.54) is 0 Å². The topological polar surface area (TPSA) is 46.3 Å². The molecule has 1 amide bonds. The molecule has 3 nitrogen and oxygen atoms in total. The molecule has 0 saturated carbocycles. The van der Waals surface area contributed by atoms with Gasteiger partial charge in [0.25, 0.3) is 0 Å². The first-order valence-corrected chi connectivity index (χ1v) is 3.80. The Bertz CT molecular complexity index is 136. The van der Waals surface area contributed by atoms with Gasteiger partial charge in [0.1, 0.15) is 0 Å². The second-order valence-electron chi connectivity index (χ2n) is 2.67. The highest BCUT2D eigenvalue weighted by Crippen LogP contribution is 2.08. The van der Waals surface area contributed by atoms with E-state index in [-0.39, 0.29) is 11.9 Å². The molecular weight excluding hydrogens is 128 g/mol. The van der Waals surface area contributed by atoms with E-state index in [4.69, 9.17) is 5.73 Å². The van der Waals surface area contributed by atoms with Crippen molar-refractivity contribution in [3.8, 4) is 0 Å². The Labute approximate surface area is 61.2 Å². The molecular formula is C7H14N2O. The Hall–Kier alpha value is -0.570. The van der Waals surface area contributed by atoms with Crippen LogP contribution in [0, 0.1) is 0 Å². The molecule has 1 rings (SSSR count). The fourth-order valence-electron chi connectivity index (χ4n) is 1.28. The third-order valence-electron chi connectivity index (χ3n) is 1.95. The maximum atomic E-state index is 11.2. The minimum absolute atomic E-state index is 0.119. The van der Waals surface area contributed by atoms with Gasteiger partial charge in [-0.3, -0.25) is 4.79 Å². The second-order valence-corrected chi connectivity index (χ2v) is 2.67. The lowest BCUT2D eigenvalue weighted by Crippen LogP contribution is -2.48. The highest BCUT2D eigenvalue weighted by atomic mass is 16.2. The number of nitrogens with zero attached hydrogens (tertiary/aromatic N) is 1. The lowest BCUT2D eigenvalue weighted by atomic mass is 10.1. The van der Waals surface area contributed by atoms with Gasteiger partial charge in [0.2, 0.25) is 5.91 Å². The SMILES string of the molecule is CCN1CCC[C@H](N)C1=O. The first-order valence-electron chi connectivity index (χ1n) is 3.80. The monoisotopic (exact) mass is 142 g/mol. The zero-order valence-corrected chi connectivity index (χ0v) is 6.34. The van der Waals surface area contributed by atoms with E-state index in [0.29, 0.717) is 0 Å². The van der Waals surface area contributed by atoms with Crippen LogP contribution in [0.1, 0.15) is 19.8 Å². The van der Waals surface area contributed by atoms with Gasteiger partial charge in [-0.1, -0.05) is 0 Å². The van der Waals surface area contributed by atoms with Gasteiger partial charge in [0.05, 0.1) is 6.04 Å². The molecule has 1 heterocycles. The summed E-state index contributed by atoms with van der Waals surface area (Å²) in [6, 6.07) is -0.228. The maximum Gasteiger partial charge on any atom is 0.239 e. The summed E-state index contributed by atoms with van der Waals surface area (Å²) in [7, 11) is 0. The number of rotatable bonds is 1. The van der Waals surface area contributed by atoms with Crippen molar-refractivity contribution in [1.82, 2.24) is 4.90 Å². The van der Waals surface area contributed by atoms with E-state index in [0.717, 1.165) is 25.9 Å². The molecule has 1 fully saturated rings. The highest BCUT2D eigenvalue weighted by Gasteiger charge is 2.23. The van der Waals surface area contributed by atoms with Gasteiger partial charge in [-0.25, -0.2) is 0 Å². The van der Waals surface area contributed by atoms with Crippen LogP contribution in [-0.4, -0.2) is 29.9 Å². The van der Waals surface area contributed by atoms with Gasteiger partial charge in [0.15, 0.2) is 0 Å². The summed E-state index contributed by atoms with van der Waals surface area (Å²) in [5, 5.41) is 0. The Kier molecular flexibility index (Phi) is 2.27. The second kappa shape index (κ2) is 3.01. The average Bonchev–Trinajstić information content (AvgIpc) is 1.95. The van der Waals surface area contributed by atoms with Crippen molar-refractivity contribution in [3.05, 3.63) is 0 Å². The van der Waals surface area contributed by atoms with Crippen LogP contribution in [0.5, 0.6) is 0 Å². The number of likely N-dealkylation sites (tertiary alicyclic amines) is 1. The number of hydrogen-bond donors (Lipinski definition) is 1. The molecule has 2 N–H and O–H groups in total. The largest absolute Gasteiger partial charge is 0.342 e. The van der Waals surface area contributed by atoms with E-state index in [1.807, 2.05) is 11.8 Å². The van der Waals surface area contributed by atoms with Crippen molar-refractivity contribution < 1.29 is 4.79 Å². The first kappa shape index (κ1) is 7.54. The summed E-state index contributed by atoms with van der Waals surface area (Å²) in [5.41, 5.74) is 5.55. The van der Waals surface area contributed by atoms with E-state index in [1.54, 1.807) is 0 Å². The molecule has 0 bridgehead atoms. The van der Waals surface area contributed by atoms with Crippen molar-refractivity contribution in [2.45, 2.75) is 25.8 Å². The van der Waals surface area contributed by atoms with E-state index < -0.39 is 0 Å². The Morgan fingerprint density at radius 1 is 1.80 bits per heavy atom. The van der Waals surface area contributed by atoms with E-state index in [9.17, 15) is 4.79 Å². The standard InChI is InChI=1S/C7H14N2O/c1-2-9-5-3-4-6(8)7(9)10/h6H,2-5,8H2,1H3/t6-/m0/s1. The smallest absolute Gasteiger partial charge is 0.239 e. The molecule has 0 aromatic heterocycles. The normalized spacial score (nSPS) is 27.2. The van der Waals surface area contributed by atoms with Crippen LogP contribution >= 0.6 is 0 Å². The number of hydrogen-bond acceptors (Lipinski definition) is 2. The molecule has 1 atom stereocenters. The number of likely N-dealkylation sites (N-methyl/N-ethyl adjacent to an activating group) is 1. The number of piperidine rings is 1. The maximum absolute atomic E-state index is 11.2. The molecule has 58 valence electrons. The van der Waals surface area contributed by atoms with Gasteiger partial charge < -0.3 is 10.6 Å². The van der Waals surface area contributed by atoms with Crippen molar-refractivity contribution in [3.63, 3.8) is 0 Å². The molecule has 1 saturated heterocycles. The van der Waals surface area contributed by atoms with Crippen LogP contribution < -0.4 is 5.73 Å². The molecule has 3 heteroatoms. The zero-order valence-electron chi connectivity index (χ0n) is 6.34. The van der Waals surface area contributed by atoms with Crippen molar-refractivity contribution in [1.29, 1.82) is 0 Å². The molecule has 0 spiro atoms. The quantitative estimate of drug-likeness (QED) is 0.558. The molecule has 1 aliphatic heterocycles. The molecule has 0 aromatic rings. The lowest BCUT2D eigenvalue weighted by Gasteiger charge is -2.29.